The quantitative estimate of drug-likeness (QED) is 0.911. The molecule has 1 amide bonds. The molecule has 2 rings (SSSR count). The topological polar surface area (TPSA) is 38.3 Å². The van der Waals surface area contributed by atoms with E-state index in [4.69, 9.17) is 4.74 Å². The van der Waals surface area contributed by atoms with E-state index < -0.39 is 0 Å². The van der Waals surface area contributed by atoms with Gasteiger partial charge < -0.3 is 10.1 Å². The molecule has 0 aliphatic heterocycles. The average Bonchev–Trinajstić information content (AvgIpc) is 2.51. The maximum Gasteiger partial charge on any atom is 0.258 e. The standard InChI is InChI=1S/C19H22FNO2/c1-19(2,3)15-8-10-16(11-9-15)23-13-18(22)21-12-14-6-4-5-7-17(14)20/h4-11H,12-13H2,1-3H3,(H,21,22). The Morgan fingerprint density at radius 3 is 2.35 bits per heavy atom. The third-order valence-electron chi connectivity index (χ3n) is 3.52. The zero-order valence-corrected chi connectivity index (χ0v) is 13.7. The first kappa shape index (κ1) is 17.0. The van der Waals surface area contributed by atoms with Crippen molar-refractivity contribution in [2.24, 2.45) is 0 Å². The highest BCUT2D eigenvalue weighted by molar-refractivity contribution is 5.77. The third-order valence-corrected chi connectivity index (χ3v) is 3.52. The Morgan fingerprint density at radius 2 is 1.74 bits per heavy atom. The molecule has 0 heterocycles. The number of nitrogens with one attached hydrogen (secondary N) is 1. The second kappa shape index (κ2) is 7.27. The molecular weight excluding hydrogens is 293 g/mol. The molecule has 0 aromatic heterocycles. The van der Waals surface area contributed by atoms with E-state index in [2.05, 4.69) is 26.1 Å². The van der Waals surface area contributed by atoms with Crippen molar-refractivity contribution in [3.05, 3.63) is 65.5 Å². The fourth-order valence-electron chi connectivity index (χ4n) is 2.09. The molecule has 1 N–H and O–H groups in total. The summed E-state index contributed by atoms with van der Waals surface area (Å²) in [5, 5.41) is 2.64. The molecule has 122 valence electrons. The normalized spacial score (nSPS) is 11.1. The summed E-state index contributed by atoms with van der Waals surface area (Å²) in [4.78, 5) is 11.8. The zero-order chi connectivity index (χ0) is 16.9. The van der Waals surface area contributed by atoms with Gasteiger partial charge >= 0.3 is 0 Å². The summed E-state index contributed by atoms with van der Waals surface area (Å²) in [6.07, 6.45) is 0. The maximum absolute atomic E-state index is 13.4. The van der Waals surface area contributed by atoms with Gasteiger partial charge in [0, 0.05) is 12.1 Å². The zero-order valence-electron chi connectivity index (χ0n) is 13.7. The third kappa shape index (κ3) is 5.09. The second-order valence-electron chi connectivity index (χ2n) is 6.43. The Balaban J connectivity index is 1.81. The van der Waals surface area contributed by atoms with Gasteiger partial charge in [0.2, 0.25) is 0 Å². The fraction of sp³-hybridized carbons (Fsp3) is 0.316. The molecular formula is C19H22FNO2. The van der Waals surface area contributed by atoms with Crippen molar-refractivity contribution in [2.75, 3.05) is 6.61 Å². The minimum atomic E-state index is -0.327. The molecule has 0 radical (unpaired) electrons. The van der Waals surface area contributed by atoms with E-state index in [1.807, 2.05) is 24.3 Å². The van der Waals surface area contributed by atoms with Gasteiger partial charge in [-0.05, 0) is 29.2 Å². The number of hydrogen-bond donors (Lipinski definition) is 1. The van der Waals surface area contributed by atoms with Crippen LogP contribution in [0.4, 0.5) is 4.39 Å². The van der Waals surface area contributed by atoms with Crippen LogP contribution in [-0.2, 0) is 16.8 Å². The highest BCUT2D eigenvalue weighted by atomic mass is 19.1. The van der Waals surface area contributed by atoms with Crippen molar-refractivity contribution in [1.29, 1.82) is 0 Å². The van der Waals surface area contributed by atoms with Crippen LogP contribution in [0.25, 0.3) is 0 Å². The predicted octanol–water partition coefficient (Wildman–Crippen LogP) is 3.82. The Labute approximate surface area is 136 Å². The van der Waals surface area contributed by atoms with Gasteiger partial charge in [0.25, 0.3) is 5.91 Å². The predicted molar refractivity (Wildman–Crippen MR) is 88.9 cm³/mol. The van der Waals surface area contributed by atoms with Crippen LogP contribution < -0.4 is 10.1 Å². The van der Waals surface area contributed by atoms with Crippen molar-refractivity contribution >= 4 is 5.91 Å². The molecule has 0 spiro atoms. The lowest BCUT2D eigenvalue weighted by Crippen LogP contribution is -2.28. The van der Waals surface area contributed by atoms with Gasteiger partial charge in [0.15, 0.2) is 6.61 Å². The molecule has 0 bridgehead atoms. The Kier molecular flexibility index (Phi) is 5.37. The second-order valence-corrected chi connectivity index (χ2v) is 6.43. The van der Waals surface area contributed by atoms with Crippen LogP contribution in [0.5, 0.6) is 5.75 Å². The number of carbonyl (C=O) groups excluding carboxylic acids is 1. The lowest BCUT2D eigenvalue weighted by atomic mass is 9.87. The number of ether oxygens (including phenoxy) is 1. The molecule has 0 fully saturated rings. The van der Waals surface area contributed by atoms with Crippen LogP contribution >= 0.6 is 0 Å². The summed E-state index contributed by atoms with van der Waals surface area (Å²) in [5.41, 5.74) is 1.74. The van der Waals surface area contributed by atoms with Crippen LogP contribution in [0.15, 0.2) is 48.5 Å². The molecule has 0 aliphatic carbocycles. The number of amides is 1. The Bertz CT molecular complexity index is 660. The molecule has 0 atom stereocenters. The molecule has 0 unspecified atom stereocenters. The van der Waals surface area contributed by atoms with Crippen molar-refractivity contribution in [3.8, 4) is 5.75 Å². The number of rotatable bonds is 5. The number of hydrogen-bond acceptors (Lipinski definition) is 2. The van der Waals surface area contributed by atoms with E-state index in [1.54, 1.807) is 18.2 Å². The summed E-state index contributed by atoms with van der Waals surface area (Å²) in [5.74, 6) is 0.0266. The molecule has 0 aliphatic rings. The summed E-state index contributed by atoms with van der Waals surface area (Å²) in [6, 6.07) is 14.0. The van der Waals surface area contributed by atoms with Crippen molar-refractivity contribution in [1.82, 2.24) is 5.32 Å². The maximum atomic E-state index is 13.4. The minimum Gasteiger partial charge on any atom is -0.484 e. The van der Waals surface area contributed by atoms with E-state index >= 15 is 0 Å². The van der Waals surface area contributed by atoms with Crippen molar-refractivity contribution in [3.63, 3.8) is 0 Å². The summed E-state index contributed by atoms with van der Waals surface area (Å²) in [6.45, 7) is 6.47. The van der Waals surface area contributed by atoms with Crippen LogP contribution in [0.1, 0.15) is 31.9 Å². The smallest absolute Gasteiger partial charge is 0.258 e. The SMILES string of the molecule is CC(C)(C)c1ccc(OCC(=O)NCc2ccccc2F)cc1. The highest BCUT2D eigenvalue weighted by Crippen LogP contribution is 2.24. The van der Waals surface area contributed by atoms with Gasteiger partial charge in [-0.2, -0.15) is 0 Å². The van der Waals surface area contributed by atoms with Crippen LogP contribution in [0.2, 0.25) is 0 Å². The number of benzene rings is 2. The van der Waals surface area contributed by atoms with E-state index in [9.17, 15) is 9.18 Å². The molecule has 2 aromatic rings. The van der Waals surface area contributed by atoms with Gasteiger partial charge in [0.05, 0.1) is 0 Å². The van der Waals surface area contributed by atoms with Gasteiger partial charge in [-0.1, -0.05) is 51.1 Å². The Morgan fingerprint density at radius 1 is 1.09 bits per heavy atom. The first-order valence-corrected chi connectivity index (χ1v) is 7.60. The lowest BCUT2D eigenvalue weighted by molar-refractivity contribution is -0.123. The Hall–Kier alpha value is -2.36. The van der Waals surface area contributed by atoms with Crippen LogP contribution in [0, 0.1) is 5.82 Å². The van der Waals surface area contributed by atoms with Crippen LogP contribution in [0.3, 0.4) is 0 Å². The monoisotopic (exact) mass is 315 g/mol. The molecule has 2 aromatic carbocycles. The van der Waals surface area contributed by atoms with Crippen LogP contribution in [-0.4, -0.2) is 12.5 Å². The van der Waals surface area contributed by atoms with E-state index in [0.29, 0.717) is 11.3 Å². The van der Waals surface area contributed by atoms with Gasteiger partial charge in [-0.3, -0.25) is 4.79 Å². The van der Waals surface area contributed by atoms with Gasteiger partial charge in [0.1, 0.15) is 11.6 Å². The highest BCUT2D eigenvalue weighted by Gasteiger charge is 2.13. The summed E-state index contributed by atoms with van der Waals surface area (Å²) in [7, 11) is 0. The minimum absolute atomic E-state index is 0.0790. The molecule has 4 heteroatoms. The van der Waals surface area contributed by atoms with Gasteiger partial charge in [-0.15, -0.1) is 0 Å². The summed E-state index contributed by atoms with van der Waals surface area (Å²) >= 11 is 0. The first-order valence-electron chi connectivity index (χ1n) is 7.60. The molecule has 3 nitrogen and oxygen atoms in total. The number of halogens is 1. The van der Waals surface area contributed by atoms with E-state index in [1.165, 1.54) is 11.6 Å². The van der Waals surface area contributed by atoms with E-state index in [-0.39, 0.29) is 30.3 Å². The van der Waals surface area contributed by atoms with Crippen molar-refractivity contribution < 1.29 is 13.9 Å². The lowest BCUT2D eigenvalue weighted by Gasteiger charge is -2.19. The first-order chi connectivity index (χ1) is 10.9. The van der Waals surface area contributed by atoms with Crippen molar-refractivity contribution in [2.45, 2.75) is 32.7 Å². The molecule has 23 heavy (non-hydrogen) atoms. The van der Waals surface area contributed by atoms with E-state index in [0.717, 1.165) is 0 Å². The number of carbonyl (C=O) groups is 1. The summed E-state index contributed by atoms with van der Waals surface area (Å²) < 4.78 is 18.9. The molecule has 0 saturated heterocycles. The largest absolute Gasteiger partial charge is 0.484 e. The fourth-order valence-corrected chi connectivity index (χ4v) is 2.09. The van der Waals surface area contributed by atoms with Gasteiger partial charge in [-0.25, -0.2) is 4.39 Å². The molecule has 0 saturated carbocycles. The average molecular weight is 315 g/mol.